The summed E-state index contributed by atoms with van der Waals surface area (Å²) in [4.78, 5) is 0. The second kappa shape index (κ2) is 7.99. The van der Waals surface area contributed by atoms with E-state index < -0.39 is 0 Å². The van der Waals surface area contributed by atoms with E-state index in [1.54, 1.807) is 0 Å². The van der Waals surface area contributed by atoms with Crippen LogP contribution in [0, 0.1) is 12.8 Å². The first-order valence-electron chi connectivity index (χ1n) is 7.96. The fraction of sp³-hybridized carbons (Fsp3) is 0.400. The lowest BCUT2D eigenvalue weighted by Gasteiger charge is -2.20. The Hall–Kier alpha value is -1.60. The smallest absolute Gasteiger partial charge is 0.00234 e. The van der Waals surface area contributed by atoms with Crippen LogP contribution in [-0.4, -0.2) is 13.1 Å². The van der Waals surface area contributed by atoms with Gasteiger partial charge in [0, 0.05) is 12.5 Å². The molecule has 0 bridgehead atoms. The standard InChI is InChI=1S/C20H27N/c1-16(2)14-21-15-20(13-18-9-5-4-6-10-18)19-11-7-8-17(3)12-19/h4-12,16,20-21H,13-15H2,1-3H3. The van der Waals surface area contributed by atoms with Crippen LogP contribution in [-0.2, 0) is 6.42 Å². The third kappa shape index (κ3) is 5.35. The van der Waals surface area contributed by atoms with Gasteiger partial charge in [0.2, 0.25) is 0 Å². The van der Waals surface area contributed by atoms with Crippen LogP contribution in [0.1, 0.15) is 36.5 Å². The number of nitrogens with one attached hydrogen (secondary N) is 1. The first kappa shape index (κ1) is 15.8. The Morgan fingerprint density at radius 1 is 0.905 bits per heavy atom. The first-order chi connectivity index (χ1) is 10.1. The zero-order valence-electron chi connectivity index (χ0n) is 13.5. The predicted octanol–water partition coefficient (Wildman–Crippen LogP) is 4.57. The van der Waals surface area contributed by atoms with Crippen molar-refractivity contribution in [2.75, 3.05) is 13.1 Å². The van der Waals surface area contributed by atoms with E-state index in [2.05, 4.69) is 80.7 Å². The van der Waals surface area contributed by atoms with Crippen molar-refractivity contribution in [3.05, 3.63) is 71.3 Å². The maximum absolute atomic E-state index is 3.62. The van der Waals surface area contributed by atoms with E-state index >= 15 is 0 Å². The van der Waals surface area contributed by atoms with Crippen molar-refractivity contribution in [3.8, 4) is 0 Å². The van der Waals surface area contributed by atoms with E-state index in [4.69, 9.17) is 0 Å². The Bertz CT molecular complexity index is 531. The van der Waals surface area contributed by atoms with Crippen LogP contribution in [0.25, 0.3) is 0 Å². The largest absolute Gasteiger partial charge is 0.316 e. The second-order valence-electron chi connectivity index (χ2n) is 6.35. The molecule has 1 N–H and O–H groups in total. The van der Waals surface area contributed by atoms with Gasteiger partial charge < -0.3 is 5.32 Å². The fourth-order valence-electron chi connectivity index (χ4n) is 2.68. The molecule has 0 amide bonds. The summed E-state index contributed by atoms with van der Waals surface area (Å²) in [5, 5.41) is 3.62. The molecular formula is C20H27N. The molecule has 0 saturated heterocycles. The Kier molecular flexibility index (Phi) is 6.01. The quantitative estimate of drug-likeness (QED) is 0.784. The van der Waals surface area contributed by atoms with Gasteiger partial charge in [-0.25, -0.2) is 0 Å². The molecule has 112 valence electrons. The van der Waals surface area contributed by atoms with Crippen molar-refractivity contribution >= 4 is 0 Å². The number of rotatable bonds is 7. The maximum Gasteiger partial charge on any atom is 0.00234 e. The molecule has 0 aliphatic carbocycles. The van der Waals surface area contributed by atoms with Crippen LogP contribution < -0.4 is 5.32 Å². The summed E-state index contributed by atoms with van der Waals surface area (Å²) in [7, 11) is 0. The summed E-state index contributed by atoms with van der Waals surface area (Å²) in [5.41, 5.74) is 4.19. The van der Waals surface area contributed by atoms with Gasteiger partial charge in [-0.1, -0.05) is 74.0 Å². The lowest BCUT2D eigenvalue weighted by Crippen LogP contribution is -2.26. The minimum atomic E-state index is 0.533. The molecule has 21 heavy (non-hydrogen) atoms. The molecule has 2 aromatic carbocycles. The lowest BCUT2D eigenvalue weighted by molar-refractivity contribution is 0.514. The highest BCUT2D eigenvalue weighted by molar-refractivity contribution is 5.28. The summed E-state index contributed by atoms with van der Waals surface area (Å²) >= 11 is 0. The van der Waals surface area contributed by atoms with Gasteiger partial charge in [-0.2, -0.15) is 0 Å². The molecular weight excluding hydrogens is 254 g/mol. The van der Waals surface area contributed by atoms with Crippen molar-refractivity contribution in [1.29, 1.82) is 0 Å². The number of hydrogen-bond donors (Lipinski definition) is 1. The van der Waals surface area contributed by atoms with Crippen LogP contribution in [0.5, 0.6) is 0 Å². The van der Waals surface area contributed by atoms with E-state index in [9.17, 15) is 0 Å². The molecule has 1 nitrogen and oxygen atoms in total. The Balaban J connectivity index is 2.10. The van der Waals surface area contributed by atoms with Crippen molar-refractivity contribution in [1.82, 2.24) is 5.32 Å². The molecule has 0 spiro atoms. The number of hydrogen-bond acceptors (Lipinski definition) is 1. The van der Waals surface area contributed by atoms with Crippen LogP contribution in [0.2, 0.25) is 0 Å². The van der Waals surface area contributed by atoms with Crippen molar-refractivity contribution in [3.63, 3.8) is 0 Å². The predicted molar refractivity (Wildman–Crippen MR) is 91.8 cm³/mol. The molecule has 0 aliphatic heterocycles. The zero-order chi connectivity index (χ0) is 15.1. The molecule has 1 unspecified atom stereocenters. The Labute approximate surface area is 129 Å². The fourth-order valence-corrected chi connectivity index (χ4v) is 2.68. The minimum Gasteiger partial charge on any atom is -0.316 e. The third-order valence-corrected chi connectivity index (χ3v) is 3.78. The molecule has 0 aliphatic rings. The van der Waals surface area contributed by atoms with Gasteiger partial charge in [0.25, 0.3) is 0 Å². The van der Waals surface area contributed by atoms with Crippen molar-refractivity contribution in [2.24, 2.45) is 5.92 Å². The van der Waals surface area contributed by atoms with Gasteiger partial charge in [0.05, 0.1) is 0 Å². The Morgan fingerprint density at radius 3 is 2.33 bits per heavy atom. The molecule has 0 aromatic heterocycles. The van der Waals surface area contributed by atoms with Crippen LogP contribution >= 0.6 is 0 Å². The average molecular weight is 281 g/mol. The molecule has 0 radical (unpaired) electrons. The van der Waals surface area contributed by atoms with E-state index in [-0.39, 0.29) is 0 Å². The summed E-state index contributed by atoms with van der Waals surface area (Å²) in [6.07, 6.45) is 1.09. The minimum absolute atomic E-state index is 0.533. The first-order valence-corrected chi connectivity index (χ1v) is 7.96. The molecule has 2 rings (SSSR count). The highest BCUT2D eigenvalue weighted by atomic mass is 14.9. The number of aryl methyl sites for hydroxylation is 1. The molecule has 0 heterocycles. The van der Waals surface area contributed by atoms with Gasteiger partial charge in [0.15, 0.2) is 0 Å². The normalized spacial score (nSPS) is 12.6. The van der Waals surface area contributed by atoms with Crippen LogP contribution in [0.4, 0.5) is 0 Å². The monoisotopic (exact) mass is 281 g/mol. The SMILES string of the molecule is Cc1cccc(C(CNCC(C)C)Cc2ccccc2)c1. The van der Waals surface area contributed by atoms with Gasteiger partial charge in [-0.15, -0.1) is 0 Å². The van der Waals surface area contributed by atoms with Gasteiger partial charge in [-0.3, -0.25) is 0 Å². The molecule has 1 heteroatoms. The topological polar surface area (TPSA) is 12.0 Å². The van der Waals surface area contributed by atoms with E-state index in [1.807, 2.05) is 0 Å². The highest BCUT2D eigenvalue weighted by Crippen LogP contribution is 2.21. The molecule has 2 aromatic rings. The average Bonchev–Trinajstić information content (AvgIpc) is 2.47. The Morgan fingerprint density at radius 2 is 1.67 bits per heavy atom. The van der Waals surface area contributed by atoms with Gasteiger partial charge in [0.1, 0.15) is 0 Å². The summed E-state index contributed by atoms with van der Waals surface area (Å²) < 4.78 is 0. The lowest BCUT2D eigenvalue weighted by atomic mass is 9.91. The van der Waals surface area contributed by atoms with E-state index in [0.29, 0.717) is 11.8 Å². The van der Waals surface area contributed by atoms with Crippen molar-refractivity contribution in [2.45, 2.75) is 33.1 Å². The van der Waals surface area contributed by atoms with Gasteiger partial charge >= 0.3 is 0 Å². The summed E-state index contributed by atoms with van der Waals surface area (Å²) in [6.45, 7) is 8.80. The summed E-state index contributed by atoms with van der Waals surface area (Å²) in [6, 6.07) is 19.7. The highest BCUT2D eigenvalue weighted by Gasteiger charge is 2.12. The van der Waals surface area contributed by atoms with Gasteiger partial charge in [-0.05, 0) is 36.9 Å². The molecule has 0 fully saturated rings. The van der Waals surface area contributed by atoms with E-state index in [1.165, 1.54) is 16.7 Å². The summed E-state index contributed by atoms with van der Waals surface area (Å²) in [5.74, 6) is 1.23. The van der Waals surface area contributed by atoms with Crippen LogP contribution in [0.15, 0.2) is 54.6 Å². The second-order valence-corrected chi connectivity index (χ2v) is 6.35. The number of benzene rings is 2. The zero-order valence-corrected chi connectivity index (χ0v) is 13.5. The maximum atomic E-state index is 3.62. The third-order valence-electron chi connectivity index (χ3n) is 3.78. The molecule has 0 saturated carbocycles. The van der Waals surface area contributed by atoms with Crippen molar-refractivity contribution < 1.29 is 0 Å². The molecule has 1 atom stereocenters. The van der Waals surface area contributed by atoms with E-state index in [0.717, 1.165) is 19.5 Å². The van der Waals surface area contributed by atoms with Crippen LogP contribution in [0.3, 0.4) is 0 Å².